The second-order valence-electron chi connectivity index (χ2n) is 7.36. The Labute approximate surface area is 165 Å². The van der Waals surface area contributed by atoms with Gasteiger partial charge in [0.25, 0.3) is 5.56 Å². The van der Waals surface area contributed by atoms with Gasteiger partial charge < -0.3 is 25.3 Å². The number of thiophene rings is 1. The van der Waals surface area contributed by atoms with Crippen LogP contribution < -0.4 is 16.2 Å². The molecule has 0 spiro atoms. The molecule has 1 aromatic carbocycles. The number of pyridine rings is 1. The first-order valence-electron chi connectivity index (χ1n) is 9.29. The molecule has 8 heteroatoms. The Kier molecular flexibility index (Phi) is 3.92. The summed E-state index contributed by atoms with van der Waals surface area (Å²) in [6, 6.07) is 7.97. The summed E-state index contributed by atoms with van der Waals surface area (Å²) in [5.74, 6) is 0.491. The molecule has 3 aromatic heterocycles. The Morgan fingerprint density at radius 1 is 1.18 bits per heavy atom. The van der Waals surface area contributed by atoms with E-state index in [1.807, 2.05) is 17.5 Å². The molecule has 4 heterocycles. The Morgan fingerprint density at radius 3 is 2.75 bits per heavy atom. The number of hydrogen-bond acceptors (Lipinski definition) is 6. The van der Waals surface area contributed by atoms with Gasteiger partial charge in [-0.15, -0.1) is 11.3 Å². The SMILES string of the molecule is CC1CN(c2ccc3nc(-c4c(N)c5sccc5[nH]c4=O)[nH]c3c2)CC(C)O1. The number of anilines is 2. The zero-order valence-corrected chi connectivity index (χ0v) is 16.5. The van der Waals surface area contributed by atoms with Crippen LogP contribution in [-0.4, -0.2) is 40.2 Å². The largest absolute Gasteiger partial charge is 0.397 e. The molecule has 144 valence electrons. The average molecular weight is 395 g/mol. The lowest BCUT2D eigenvalue weighted by atomic mass is 10.2. The minimum Gasteiger partial charge on any atom is -0.397 e. The summed E-state index contributed by atoms with van der Waals surface area (Å²) in [4.78, 5) is 25.7. The maximum absolute atomic E-state index is 12.6. The normalized spacial score (nSPS) is 20.3. The van der Waals surface area contributed by atoms with E-state index in [9.17, 15) is 4.79 Å². The Morgan fingerprint density at radius 2 is 1.96 bits per heavy atom. The maximum Gasteiger partial charge on any atom is 0.261 e. The van der Waals surface area contributed by atoms with Gasteiger partial charge >= 0.3 is 0 Å². The van der Waals surface area contributed by atoms with Crippen LogP contribution in [0.25, 0.3) is 32.6 Å². The average Bonchev–Trinajstić information content (AvgIpc) is 3.26. The first kappa shape index (κ1) is 17.3. The van der Waals surface area contributed by atoms with E-state index in [4.69, 9.17) is 10.5 Å². The molecule has 0 amide bonds. The number of rotatable bonds is 2. The van der Waals surface area contributed by atoms with Crippen LogP contribution in [0.1, 0.15) is 13.8 Å². The van der Waals surface area contributed by atoms with Gasteiger partial charge in [-0.05, 0) is 43.5 Å². The van der Waals surface area contributed by atoms with E-state index in [1.165, 1.54) is 11.3 Å². The number of H-pyrrole nitrogens is 2. The van der Waals surface area contributed by atoms with Gasteiger partial charge in [0, 0.05) is 18.8 Å². The zero-order chi connectivity index (χ0) is 19.4. The molecule has 28 heavy (non-hydrogen) atoms. The first-order valence-corrected chi connectivity index (χ1v) is 10.2. The van der Waals surface area contributed by atoms with E-state index in [0.29, 0.717) is 17.1 Å². The topological polar surface area (TPSA) is 100 Å². The fourth-order valence-electron chi connectivity index (χ4n) is 3.97. The number of morpholine rings is 1. The zero-order valence-electron chi connectivity index (χ0n) is 15.7. The fraction of sp³-hybridized carbons (Fsp3) is 0.300. The molecule has 7 nitrogen and oxygen atoms in total. The summed E-state index contributed by atoms with van der Waals surface area (Å²) in [7, 11) is 0. The van der Waals surface area contributed by atoms with Crippen LogP contribution in [0.2, 0.25) is 0 Å². The molecule has 4 N–H and O–H groups in total. The standard InChI is InChI=1S/C20H21N5O2S/c1-10-8-25(9-11(2)27-10)12-3-4-13-15(7-12)23-19(22-13)16-17(21)18-14(5-6-28-18)24-20(16)26/h3-7,10-11H,8-9H2,1-2H3,(H,22,23)(H3,21,24,26). The van der Waals surface area contributed by atoms with Crippen molar-refractivity contribution in [2.75, 3.05) is 23.7 Å². The number of fused-ring (bicyclic) bond motifs is 2. The van der Waals surface area contributed by atoms with Crippen molar-refractivity contribution in [2.24, 2.45) is 0 Å². The highest BCUT2D eigenvalue weighted by molar-refractivity contribution is 7.17. The highest BCUT2D eigenvalue weighted by Crippen LogP contribution is 2.32. The van der Waals surface area contributed by atoms with E-state index in [1.54, 1.807) is 0 Å². The third-order valence-corrected chi connectivity index (χ3v) is 6.09. The number of imidazole rings is 1. The van der Waals surface area contributed by atoms with E-state index >= 15 is 0 Å². The summed E-state index contributed by atoms with van der Waals surface area (Å²) in [6.45, 7) is 5.87. The second-order valence-corrected chi connectivity index (χ2v) is 8.27. The number of aromatic amines is 2. The van der Waals surface area contributed by atoms with Crippen LogP contribution in [-0.2, 0) is 4.74 Å². The number of nitrogens with one attached hydrogen (secondary N) is 2. The molecular formula is C20H21N5O2S. The maximum atomic E-state index is 12.6. The number of nitrogen functional groups attached to an aromatic ring is 1. The molecule has 4 aromatic rings. The van der Waals surface area contributed by atoms with Gasteiger partial charge in [-0.2, -0.15) is 0 Å². The van der Waals surface area contributed by atoms with Crippen LogP contribution in [0.5, 0.6) is 0 Å². The lowest BCUT2D eigenvalue weighted by molar-refractivity contribution is -0.00521. The monoisotopic (exact) mass is 395 g/mol. The van der Waals surface area contributed by atoms with Crippen molar-refractivity contribution in [1.29, 1.82) is 0 Å². The molecule has 2 atom stereocenters. The second kappa shape index (κ2) is 6.35. The van der Waals surface area contributed by atoms with Gasteiger partial charge in [-0.25, -0.2) is 4.98 Å². The number of nitrogens with two attached hydrogens (primary N) is 1. The number of ether oxygens (including phenoxy) is 1. The highest BCUT2D eigenvalue weighted by Gasteiger charge is 2.23. The highest BCUT2D eigenvalue weighted by atomic mass is 32.1. The molecule has 1 fully saturated rings. The summed E-state index contributed by atoms with van der Waals surface area (Å²) < 4.78 is 6.70. The smallest absolute Gasteiger partial charge is 0.261 e. The fourth-order valence-corrected chi connectivity index (χ4v) is 4.79. The lowest BCUT2D eigenvalue weighted by Gasteiger charge is -2.36. The summed E-state index contributed by atoms with van der Waals surface area (Å²) in [5, 5.41) is 1.91. The quantitative estimate of drug-likeness (QED) is 0.483. The molecule has 1 aliphatic rings. The molecule has 5 rings (SSSR count). The molecule has 1 saturated heterocycles. The summed E-state index contributed by atoms with van der Waals surface area (Å²) in [5.41, 5.74) is 10.5. The Balaban J connectivity index is 1.59. The predicted molar refractivity (Wildman–Crippen MR) is 114 cm³/mol. The molecular weight excluding hydrogens is 374 g/mol. The Bertz CT molecular complexity index is 1230. The third-order valence-electron chi connectivity index (χ3n) is 5.14. The van der Waals surface area contributed by atoms with Crippen molar-refractivity contribution in [3.05, 3.63) is 40.0 Å². The van der Waals surface area contributed by atoms with Gasteiger partial charge in [-0.3, -0.25) is 4.79 Å². The number of hydrogen-bond donors (Lipinski definition) is 3. The number of aromatic nitrogens is 3. The van der Waals surface area contributed by atoms with E-state index < -0.39 is 0 Å². The van der Waals surface area contributed by atoms with Crippen LogP contribution in [0.15, 0.2) is 34.4 Å². The number of benzene rings is 1. The van der Waals surface area contributed by atoms with Gasteiger partial charge in [-0.1, -0.05) is 0 Å². The first-order chi connectivity index (χ1) is 13.5. The molecule has 0 saturated carbocycles. The summed E-state index contributed by atoms with van der Waals surface area (Å²) >= 11 is 1.50. The van der Waals surface area contributed by atoms with E-state index in [2.05, 4.69) is 45.8 Å². The molecule has 0 aliphatic carbocycles. The van der Waals surface area contributed by atoms with Crippen LogP contribution in [0, 0.1) is 0 Å². The molecule has 2 unspecified atom stereocenters. The van der Waals surface area contributed by atoms with Crippen molar-refractivity contribution in [3.8, 4) is 11.4 Å². The minimum atomic E-state index is -0.237. The van der Waals surface area contributed by atoms with Gasteiger partial charge in [0.15, 0.2) is 0 Å². The van der Waals surface area contributed by atoms with Crippen LogP contribution in [0.3, 0.4) is 0 Å². The van der Waals surface area contributed by atoms with Crippen molar-refractivity contribution in [2.45, 2.75) is 26.1 Å². The number of nitrogens with zero attached hydrogens (tertiary/aromatic N) is 2. The minimum absolute atomic E-state index is 0.188. The predicted octanol–water partition coefficient (Wildman–Crippen LogP) is 3.33. The third kappa shape index (κ3) is 2.76. The van der Waals surface area contributed by atoms with E-state index in [0.717, 1.165) is 40.0 Å². The van der Waals surface area contributed by atoms with Gasteiger partial charge in [0.05, 0.1) is 39.1 Å². The summed E-state index contributed by atoms with van der Waals surface area (Å²) in [6.07, 6.45) is 0.375. The van der Waals surface area contributed by atoms with E-state index in [-0.39, 0.29) is 17.8 Å². The van der Waals surface area contributed by atoms with Crippen LogP contribution in [0.4, 0.5) is 11.4 Å². The molecule has 0 radical (unpaired) electrons. The van der Waals surface area contributed by atoms with Crippen molar-refractivity contribution < 1.29 is 4.74 Å². The lowest BCUT2D eigenvalue weighted by Crippen LogP contribution is -2.45. The van der Waals surface area contributed by atoms with Gasteiger partial charge in [0.1, 0.15) is 11.4 Å². The molecule has 0 bridgehead atoms. The molecule has 1 aliphatic heterocycles. The van der Waals surface area contributed by atoms with Gasteiger partial charge in [0.2, 0.25) is 0 Å². The Hall–Kier alpha value is -2.84. The van der Waals surface area contributed by atoms with Crippen molar-refractivity contribution in [1.82, 2.24) is 15.0 Å². The van der Waals surface area contributed by atoms with Crippen molar-refractivity contribution >= 4 is 44.0 Å². The van der Waals surface area contributed by atoms with Crippen molar-refractivity contribution in [3.63, 3.8) is 0 Å². The van der Waals surface area contributed by atoms with Crippen LogP contribution >= 0.6 is 11.3 Å².